The van der Waals surface area contributed by atoms with E-state index in [4.69, 9.17) is 4.74 Å². The molecule has 0 fully saturated rings. The molecular formula is C10H10BrNO4. The first-order valence-electron chi connectivity index (χ1n) is 4.63. The molecule has 86 valence electrons. The maximum Gasteiger partial charge on any atom is 0.310 e. The van der Waals surface area contributed by atoms with Crippen LogP contribution < -0.4 is 0 Å². The van der Waals surface area contributed by atoms with Gasteiger partial charge in [-0.1, -0.05) is 6.07 Å². The van der Waals surface area contributed by atoms with Crippen LogP contribution in [-0.2, 0) is 16.0 Å². The molecule has 0 spiro atoms. The van der Waals surface area contributed by atoms with E-state index in [1.807, 2.05) is 0 Å². The summed E-state index contributed by atoms with van der Waals surface area (Å²) in [7, 11) is 0. The van der Waals surface area contributed by atoms with Crippen LogP contribution >= 0.6 is 15.9 Å². The molecule has 0 unspecified atom stereocenters. The van der Waals surface area contributed by atoms with Gasteiger partial charge in [-0.3, -0.25) is 14.9 Å². The molecule has 0 saturated carbocycles. The number of ether oxygens (including phenoxy) is 1. The van der Waals surface area contributed by atoms with Gasteiger partial charge in [0, 0.05) is 6.07 Å². The zero-order chi connectivity index (χ0) is 12.1. The summed E-state index contributed by atoms with van der Waals surface area (Å²) in [6.45, 7) is 2.01. The predicted octanol–water partition coefficient (Wildman–Crippen LogP) is 2.46. The highest BCUT2D eigenvalue weighted by Crippen LogP contribution is 2.25. The number of carbonyl (C=O) groups excluding carboxylic acids is 1. The standard InChI is InChI=1S/C10H10BrNO4/c1-2-16-10(13)6-7-3-4-8(11)9(5-7)12(14)15/h3-5H,2,6H2,1H3. The third kappa shape index (κ3) is 3.30. The van der Waals surface area contributed by atoms with Crippen LogP contribution in [0.3, 0.4) is 0 Å². The van der Waals surface area contributed by atoms with Crippen molar-refractivity contribution in [3.8, 4) is 0 Å². The fraction of sp³-hybridized carbons (Fsp3) is 0.300. The molecule has 0 atom stereocenters. The van der Waals surface area contributed by atoms with Gasteiger partial charge in [0.1, 0.15) is 0 Å². The summed E-state index contributed by atoms with van der Waals surface area (Å²) < 4.78 is 5.15. The molecule has 1 aromatic carbocycles. The molecule has 0 aliphatic heterocycles. The Kier molecular flexibility index (Phi) is 4.42. The molecular weight excluding hydrogens is 278 g/mol. The van der Waals surface area contributed by atoms with Crippen LogP contribution in [0.4, 0.5) is 5.69 Å². The lowest BCUT2D eigenvalue weighted by Crippen LogP contribution is -2.07. The van der Waals surface area contributed by atoms with Crippen molar-refractivity contribution in [2.24, 2.45) is 0 Å². The minimum absolute atomic E-state index is 0.0436. The highest BCUT2D eigenvalue weighted by molar-refractivity contribution is 9.10. The van der Waals surface area contributed by atoms with Crippen LogP contribution in [0.15, 0.2) is 22.7 Å². The summed E-state index contributed by atoms with van der Waals surface area (Å²) in [6, 6.07) is 4.56. The molecule has 1 rings (SSSR count). The number of nitro groups is 1. The first-order valence-corrected chi connectivity index (χ1v) is 5.42. The lowest BCUT2D eigenvalue weighted by atomic mass is 10.1. The van der Waals surface area contributed by atoms with E-state index in [1.54, 1.807) is 19.1 Å². The number of halogens is 1. The normalized spacial score (nSPS) is 9.88. The Bertz CT molecular complexity index is 419. The van der Waals surface area contributed by atoms with Crippen molar-refractivity contribution in [2.45, 2.75) is 13.3 Å². The zero-order valence-electron chi connectivity index (χ0n) is 8.60. The minimum atomic E-state index is -0.501. The Hall–Kier alpha value is -1.43. The van der Waals surface area contributed by atoms with Gasteiger partial charge in [0.15, 0.2) is 0 Å². The molecule has 0 aromatic heterocycles. The second-order valence-corrected chi connectivity index (χ2v) is 3.88. The predicted molar refractivity (Wildman–Crippen MR) is 61.1 cm³/mol. The number of nitro benzene ring substituents is 1. The van der Waals surface area contributed by atoms with Gasteiger partial charge in [0.05, 0.1) is 22.4 Å². The number of carbonyl (C=O) groups is 1. The summed E-state index contributed by atoms with van der Waals surface area (Å²) in [5.74, 6) is -0.390. The fourth-order valence-electron chi connectivity index (χ4n) is 1.19. The van der Waals surface area contributed by atoms with Crippen LogP contribution in [0.2, 0.25) is 0 Å². The number of rotatable bonds is 4. The van der Waals surface area contributed by atoms with E-state index in [9.17, 15) is 14.9 Å². The Balaban J connectivity index is 2.87. The van der Waals surface area contributed by atoms with Gasteiger partial charge in [-0.15, -0.1) is 0 Å². The topological polar surface area (TPSA) is 69.4 Å². The Labute approximate surface area is 101 Å². The van der Waals surface area contributed by atoms with E-state index in [-0.39, 0.29) is 18.1 Å². The number of nitrogens with zero attached hydrogens (tertiary/aromatic N) is 1. The Morgan fingerprint density at radius 1 is 1.56 bits per heavy atom. The highest BCUT2D eigenvalue weighted by Gasteiger charge is 2.14. The first-order chi connectivity index (χ1) is 7.54. The smallest absolute Gasteiger partial charge is 0.310 e. The van der Waals surface area contributed by atoms with Crippen molar-refractivity contribution < 1.29 is 14.5 Å². The molecule has 0 radical (unpaired) electrons. The number of hydrogen-bond acceptors (Lipinski definition) is 4. The molecule has 0 aliphatic rings. The molecule has 1 aromatic rings. The van der Waals surface area contributed by atoms with Gasteiger partial charge in [-0.05, 0) is 34.5 Å². The van der Waals surface area contributed by atoms with Crippen molar-refractivity contribution in [2.75, 3.05) is 6.61 Å². The average Bonchev–Trinajstić information content (AvgIpc) is 2.21. The van der Waals surface area contributed by atoms with Crippen LogP contribution in [0.1, 0.15) is 12.5 Å². The third-order valence-corrected chi connectivity index (χ3v) is 2.53. The second kappa shape index (κ2) is 5.60. The van der Waals surface area contributed by atoms with Gasteiger partial charge in [0.25, 0.3) is 5.69 Å². The van der Waals surface area contributed by atoms with Crippen molar-refractivity contribution in [3.05, 3.63) is 38.3 Å². The molecule has 0 bridgehead atoms. The van der Waals surface area contributed by atoms with Gasteiger partial charge in [-0.25, -0.2) is 0 Å². The Morgan fingerprint density at radius 3 is 2.81 bits per heavy atom. The minimum Gasteiger partial charge on any atom is -0.466 e. The number of benzene rings is 1. The van der Waals surface area contributed by atoms with E-state index in [2.05, 4.69) is 15.9 Å². The van der Waals surface area contributed by atoms with E-state index >= 15 is 0 Å². The van der Waals surface area contributed by atoms with Crippen molar-refractivity contribution >= 4 is 27.6 Å². The summed E-state index contributed by atoms with van der Waals surface area (Å²) in [5.41, 5.74) is 0.509. The van der Waals surface area contributed by atoms with E-state index in [0.29, 0.717) is 16.6 Å². The van der Waals surface area contributed by atoms with Crippen LogP contribution in [0.25, 0.3) is 0 Å². The lowest BCUT2D eigenvalue weighted by Gasteiger charge is -2.02. The van der Waals surface area contributed by atoms with Gasteiger partial charge in [0.2, 0.25) is 0 Å². The van der Waals surface area contributed by atoms with Crippen molar-refractivity contribution in [1.29, 1.82) is 0 Å². The summed E-state index contributed by atoms with van der Waals surface area (Å²) >= 11 is 3.07. The molecule has 0 saturated heterocycles. The summed E-state index contributed by atoms with van der Waals surface area (Å²) in [6.07, 6.45) is 0.0436. The molecule has 16 heavy (non-hydrogen) atoms. The molecule has 0 heterocycles. The summed E-state index contributed by atoms with van der Waals surface area (Å²) in [4.78, 5) is 21.3. The average molecular weight is 288 g/mol. The van der Waals surface area contributed by atoms with Gasteiger partial charge >= 0.3 is 5.97 Å². The van der Waals surface area contributed by atoms with E-state index in [1.165, 1.54) is 6.07 Å². The molecule has 0 amide bonds. The largest absolute Gasteiger partial charge is 0.466 e. The third-order valence-electron chi connectivity index (χ3n) is 1.86. The quantitative estimate of drug-likeness (QED) is 0.485. The fourth-order valence-corrected chi connectivity index (χ4v) is 1.58. The van der Waals surface area contributed by atoms with Crippen LogP contribution in [0.5, 0.6) is 0 Å². The number of esters is 1. The monoisotopic (exact) mass is 287 g/mol. The first kappa shape index (κ1) is 12.6. The summed E-state index contributed by atoms with van der Waals surface area (Å²) in [5, 5.41) is 10.6. The molecule has 0 aliphatic carbocycles. The maximum atomic E-state index is 11.2. The van der Waals surface area contributed by atoms with Crippen molar-refractivity contribution in [1.82, 2.24) is 0 Å². The van der Waals surface area contributed by atoms with E-state index in [0.717, 1.165) is 0 Å². The van der Waals surface area contributed by atoms with Crippen LogP contribution in [0, 0.1) is 10.1 Å². The van der Waals surface area contributed by atoms with Gasteiger partial charge in [-0.2, -0.15) is 0 Å². The highest BCUT2D eigenvalue weighted by atomic mass is 79.9. The van der Waals surface area contributed by atoms with E-state index < -0.39 is 4.92 Å². The molecule has 6 heteroatoms. The SMILES string of the molecule is CCOC(=O)Cc1ccc(Br)c([N+](=O)[O-])c1. The molecule has 5 nitrogen and oxygen atoms in total. The molecule has 0 N–H and O–H groups in total. The zero-order valence-corrected chi connectivity index (χ0v) is 10.2. The maximum absolute atomic E-state index is 11.2. The second-order valence-electron chi connectivity index (χ2n) is 3.02. The van der Waals surface area contributed by atoms with Gasteiger partial charge < -0.3 is 4.74 Å². The van der Waals surface area contributed by atoms with Crippen molar-refractivity contribution in [3.63, 3.8) is 0 Å². The number of hydrogen-bond donors (Lipinski definition) is 0. The van der Waals surface area contributed by atoms with Crippen LogP contribution in [-0.4, -0.2) is 17.5 Å². The Morgan fingerprint density at radius 2 is 2.25 bits per heavy atom. The lowest BCUT2D eigenvalue weighted by molar-refractivity contribution is -0.385.